The summed E-state index contributed by atoms with van der Waals surface area (Å²) in [6, 6.07) is 10.8. The van der Waals surface area contributed by atoms with E-state index < -0.39 is 11.9 Å². The van der Waals surface area contributed by atoms with E-state index in [0.29, 0.717) is 11.3 Å². The number of thiocarbonyl (C=S) groups is 1. The van der Waals surface area contributed by atoms with E-state index in [4.69, 9.17) is 33.7 Å². The molecule has 0 saturated heterocycles. The number of carbonyl (C=O) groups excluding carboxylic acids is 1. The van der Waals surface area contributed by atoms with Crippen molar-refractivity contribution in [2.24, 2.45) is 0 Å². The van der Waals surface area contributed by atoms with E-state index in [9.17, 15) is 9.59 Å². The largest absolute Gasteiger partial charge is 0.491 e. The van der Waals surface area contributed by atoms with E-state index in [1.54, 1.807) is 24.3 Å². The van der Waals surface area contributed by atoms with Crippen molar-refractivity contribution in [2.45, 2.75) is 20.0 Å². The highest BCUT2D eigenvalue weighted by Crippen LogP contribution is 2.23. The second-order valence-electron chi connectivity index (χ2n) is 5.60. The Labute approximate surface area is 161 Å². The zero-order chi connectivity index (χ0) is 19.3. The monoisotopic (exact) mass is 392 g/mol. The third-order valence-corrected chi connectivity index (χ3v) is 3.69. The number of carboxylic acid groups (broad SMARTS) is 1. The first-order chi connectivity index (χ1) is 12.3. The molecule has 2 aromatic carbocycles. The Kier molecular flexibility index (Phi) is 6.54. The molecule has 0 saturated carbocycles. The van der Waals surface area contributed by atoms with E-state index in [1.807, 2.05) is 13.8 Å². The number of nitrogens with one attached hydrogen (secondary N) is 2. The van der Waals surface area contributed by atoms with Gasteiger partial charge in [-0.15, -0.1) is 0 Å². The Hall–Kier alpha value is -2.64. The van der Waals surface area contributed by atoms with Crippen LogP contribution in [0.15, 0.2) is 42.5 Å². The minimum absolute atomic E-state index is 0.00498. The standard InChI is InChI=1S/C18H17ClN2O4S/c1-10(2)25-13-5-3-4-11(8-13)16(22)21-18(26)20-15-9-12(17(23)24)6-7-14(15)19/h3-10H,1-2H3,(H,23,24)(H2,20,21,22,26). The molecule has 1 amide bonds. The summed E-state index contributed by atoms with van der Waals surface area (Å²) in [5.74, 6) is -0.951. The van der Waals surface area contributed by atoms with Gasteiger partial charge in [-0.05, 0) is 62.5 Å². The van der Waals surface area contributed by atoms with Gasteiger partial charge in [0.25, 0.3) is 5.91 Å². The molecular formula is C18H17ClN2O4S. The van der Waals surface area contributed by atoms with Crippen LogP contribution in [-0.4, -0.2) is 28.2 Å². The molecule has 0 aliphatic heterocycles. The van der Waals surface area contributed by atoms with Crippen molar-refractivity contribution in [3.05, 3.63) is 58.6 Å². The van der Waals surface area contributed by atoms with Crippen LogP contribution in [0, 0.1) is 0 Å². The molecule has 0 aromatic heterocycles. The van der Waals surface area contributed by atoms with E-state index in [-0.39, 0.29) is 27.5 Å². The number of amides is 1. The second-order valence-corrected chi connectivity index (χ2v) is 6.42. The number of carboxylic acids is 1. The Balaban J connectivity index is 2.07. The topological polar surface area (TPSA) is 87.7 Å². The first-order valence-corrected chi connectivity index (χ1v) is 8.47. The van der Waals surface area contributed by atoms with Crippen molar-refractivity contribution in [3.8, 4) is 5.75 Å². The molecule has 0 atom stereocenters. The van der Waals surface area contributed by atoms with Gasteiger partial charge in [0, 0.05) is 5.56 Å². The minimum Gasteiger partial charge on any atom is -0.491 e. The summed E-state index contributed by atoms with van der Waals surface area (Å²) in [6.45, 7) is 3.78. The highest BCUT2D eigenvalue weighted by molar-refractivity contribution is 7.80. The fraction of sp³-hybridized carbons (Fsp3) is 0.167. The third-order valence-electron chi connectivity index (χ3n) is 3.16. The Morgan fingerprint density at radius 1 is 1.15 bits per heavy atom. The molecule has 6 nitrogen and oxygen atoms in total. The molecule has 0 spiro atoms. The summed E-state index contributed by atoms with van der Waals surface area (Å²) in [7, 11) is 0. The lowest BCUT2D eigenvalue weighted by Gasteiger charge is -2.13. The van der Waals surface area contributed by atoms with Crippen LogP contribution >= 0.6 is 23.8 Å². The van der Waals surface area contributed by atoms with Crippen LogP contribution in [-0.2, 0) is 0 Å². The molecule has 0 heterocycles. The smallest absolute Gasteiger partial charge is 0.335 e. The number of benzene rings is 2. The summed E-state index contributed by atoms with van der Waals surface area (Å²) in [5, 5.41) is 14.6. The average Bonchev–Trinajstić information content (AvgIpc) is 2.56. The lowest BCUT2D eigenvalue weighted by molar-refractivity contribution is 0.0696. The highest BCUT2D eigenvalue weighted by Gasteiger charge is 2.12. The van der Waals surface area contributed by atoms with Crippen LogP contribution in [0.1, 0.15) is 34.6 Å². The lowest BCUT2D eigenvalue weighted by Crippen LogP contribution is -2.34. The summed E-state index contributed by atoms with van der Waals surface area (Å²) >= 11 is 11.1. The van der Waals surface area contributed by atoms with Crippen LogP contribution in [0.3, 0.4) is 0 Å². The van der Waals surface area contributed by atoms with Crippen molar-refractivity contribution in [1.82, 2.24) is 5.32 Å². The van der Waals surface area contributed by atoms with Crippen molar-refractivity contribution < 1.29 is 19.4 Å². The molecule has 0 aliphatic rings. The average molecular weight is 393 g/mol. The number of hydrogen-bond donors (Lipinski definition) is 3. The number of halogens is 1. The maximum atomic E-state index is 12.3. The van der Waals surface area contributed by atoms with E-state index in [2.05, 4.69) is 10.6 Å². The Morgan fingerprint density at radius 3 is 2.54 bits per heavy atom. The fourth-order valence-corrected chi connectivity index (χ4v) is 2.43. The van der Waals surface area contributed by atoms with Crippen molar-refractivity contribution in [1.29, 1.82) is 0 Å². The van der Waals surface area contributed by atoms with Crippen LogP contribution in [0.4, 0.5) is 5.69 Å². The van der Waals surface area contributed by atoms with Gasteiger partial charge in [-0.25, -0.2) is 4.79 Å². The van der Waals surface area contributed by atoms with Crippen molar-refractivity contribution in [2.75, 3.05) is 5.32 Å². The number of rotatable bonds is 5. The summed E-state index contributed by atoms with van der Waals surface area (Å²) in [4.78, 5) is 23.4. The molecular weight excluding hydrogens is 376 g/mol. The van der Waals surface area contributed by atoms with Crippen molar-refractivity contribution in [3.63, 3.8) is 0 Å². The molecule has 2 rings (SSSR count). The van der Waals surface area contributed by atoms with Crippen molar-refractivity contribution >= 4 is 46.5 Å². The lowest BCUT2D eigenvalue weighted by atomic mass is 10.2. The molecule has 2 aromatic rings. The van der Waals surface area contributed by atoms with Gasteiger partial charge in [0.15, 0.2) is 5.11 Å². The Morgan fingerprint density at radius 2 is 1.88 bits per heavy atom. The molecule has 0 bridgehead atoms. The first-order valence-electron chi connectivity index (χ1n) is 7.68. The summed E-state index contributed by atoms with van der Waals surface area (Å²) < 4.78 is 5.56. The third kappa shape index (κ3) is 5.44. The molecule has 8 heteroatoms. The maximum Gasteiger partial charge on any atom is 0.335 e. The van der Waals surface area contributed by atoms with Gasteiger partial charge in [-0.2, -0.15) is 0 Å². The van der Waals surface area contributed by atoms with Crippen LogP contribution in [0.5, 0.6) is 5.75 Å². The highest BCUT2D eigenvalue weighted by atomic mass is 35.5. The minimum atomic E-state index is -1.10. The van der Waals surface area contributed by atoms with Gasteiger partial charge in [0.2, 0.25) is 0 Å². The zero-order valence-corrected chi connectivity index (χ0v) is 15.6. The number of carbonyl (C=O) groups is 2. The Bertz CT molecular complexity index is 855. The van der Waals surface area contributed by atoms with Gasteiger partial charge in [-0.3, -0.25) is 10.1 Å². The predicted molar refractivity (Wildman–Crippen MR) is 104 cm³/mol. The summed E-state index contributed by atoms with van der Waals surface area (Å²) in [6.07, 6.45) is -0.0142. The number of ether oxygens (including phenoxy) is 1. The van der Waals surface area contributed by atoms with Crippen LogP contribution in [0.2, 0.25) is 5.02 Å². The van der Waals surface area contributed by atoms with E-state index in [1.165, 1.54) is 18.2 Å². The SMILES string of the molecule is CC(C)Oc1cccc(C(=O)NC(=S)Nc2cc(C(=O)O)ccc2Cl)c1. The van der Waals surface area contributed by atoms with Gasteiger partial charge in [-0.1, -0.05) is 17.7 Å². The molecule has 3 N–H and O–H groups in total. The number of hydrogen-bond acceptors (Lipinski definition) is 4. The molecule has 0 unspecified atom stereocenters. The maximum absolute atomic E-state index is 12.3. The van der Waals surface area contributed by atoms with Crippen LogP contribution in [0.25, 0.3) is 0 Å². The normalized spacial score (nSPS) is 10.3. The van der Waals surface area contributed by atoms with Crippen LogP contribution < -0.4 is 15.4 Å². The fourth-order valence-electron chi connectivity index (χ4n) is 2.07. The van der Waals surface area contributed by atoms with Gasteiger partial charge in [0.1, 0.15) is 5.75 Å². The van der Waals surface area contributed by atoms with Gasteiger partial charge >= 0.3 is 5.97 Å². The summed E-state index contributed by atoms with van der Waals surface area (Å²) in [5.41, 5.74) is 0.705. The number of aromatic carboxylic acids is 1. The zero-order valence-electron chi connectivity index (χ0n) is 14.1. The van der Waals surface area contributed by atoms with E-state index >= 15 is 0 Å². The second kappa shape index (κ2) is 8.64. The molecule has 0 radical (unpaired) electrons. The number of anilines is 1. The molecule has 0 aliphatic carbocycles. The quantitative estimate of drug-likeness (QED) is 0.668. The molecule has 136 valence electrons. The van der Waals surface area contributed by atoms with Gasteiger partial charge < -0.3 is 15.2 Å². The van der Waals surface area contributed by atoms with E-state index in [0.717, 1.165) is 0 Å². The first kappa shape index (κ1) is 19.7. The van der Waals surface area contributed by atoms with Gasteiger partial charge in [0.05, 0.1) is 22.4 Å². The molecule has 0 fully saturated rings. The predicted octanol–water partition coefficient (Wildman–Crippen LogP) is 3.95. The molecule has 26 heavy (non-hydrogen) atoms.